The van der Waals surface area contributed by atoms with E-state index in [2.05, 4.69) is 46.1 Å². The number of aromatic amines is 1. The number of aryl methyl sites for hydroxylation is 4. The zero-order chi connectivity index (χ0) is 16.4. The molecule has 5 nitrogen and oxygen atoms in total. The monoisotopic (exact) mass is 310 g/mol. The van der Waals surface area contributed by atoms with Gasteiger partial charge in [-0.05, 0) is 25.3 Å². The van der Waals surface area contributed by atoms with Gasteiger partial charge >= 0.3 is 0 Å². The van der Waals surface area contributed by atoms with Crippen LogP contribution in [0, 0.1) is 13.8 Å². The van der Waals surface area contributed by atoms with Gasteiger partial charge in [-0.1, -0.05) is 43.3 Å². The van der Waals surface area contributed by atoms with Gasteiger partial charge in [-0.2, -0.15) is 4.98 Å². The van der Waals surface area contributed by atoms with Crippen molar-refractivity contribution in [1.29, 1.82) is 0 Å². The Kier molecular flexibility index (Phi) is 4.28. The Morgan fingerprint density at radius 2 is 1.78 bits per heavy atom. The summed E-state index contributed by atoms with van der Waals surface area (Å²) in [5.41, 5.74) is 4.43. The highest BCUT2D eigenvalue weighted by Crippen LogP contribution is 2.20. The molecule has 0 aliphatic rings. The molecule has 3 rings (SSSR count). The molecule has 0 bridgehead atoms. The lowest BCUT2D eigenvalue weighted by molar-refractivity contribution is 0.378. The Hall–Kier alpha value is -2.43. The lowest BCUT2D eigenvalue weighted by Gasteiger charge is -2.04. The van der Waals surface area contributed by atoms with Crippen molar-refractivity contribution in [2.24, 2.45) is 0 Å². The van der Waals surface area contributed by atoms with Crippen LogP contribution in [-0.2, 0) is 12.8 Å². The number of rotatable bonds is 5. The molecule has 0 aliphatic carbocycles. The smallest absolute Gasteiger partial charge is 0.227 e. The third kappa shape index (κ3) is 3.50. The van der Waals surface area contributed by atoms with Crippen LogP contribution in [0.4, 0.5) is 0 Å². The maximum absolute atomic E-state index is 5.35. The normalized spacial score (nSPS) is 11.3. The molecule has 0 atom stereocenters. The van der Waals surface area contributed by atoms with Crippen molar-refractivity contribution in [3.8, 4) is 11.4 Å². The van der Waals surface area contributed by atoms with Crippen molar-refractivity contribution >= 4 is 0 Å². The van der Waals surface area contributed by atoms with Crippen LogP contribution >= 0.6 is 0 Å². The number of aromatic nitrogens is 4. The van der Waals surface area contributed by atoms with E-state index in [1.54, 1.807) is 0 Å². The molecule has 0 spiro atoms. The fraction of sp³-hybridized carbons (Fsp3) is 0.389. The van der Waals surface area contributed by atoms with Gasteiger partial charge in [0, 0.05) is 24.1 Å². The largest absolute Gasteiger partial charge is 0.346 e. The molecule has 0 aliphatic heterocycles. The van der Waals surface area contributed by atoms with Crippen molar-refractivity contribution in [3.63, 3.8) is 0 Å². The molecular formula is C18H22N4O. The van der Waals surface area contributed by atoms with Crippen LogP contribution in [-0.4, -0.2) is 20.1 Å². The van der Waals surface area contributed by atoms with Gasteiger partial charge in [-0.3, -0.25) is 0 Å². The Morgan fingerprint density at radius 1 is 1.04 bits per heavy atom. The first-order valence-corrected chi connectivity index (χ1v) is 7.98. The fourth-order valence-corrected chi connectivity index (χ4v) is 2.46. The molecule has 3 aromatic rings. The topological polar surface area (TPSA) is 67.6 Å². The summed E-state index contributed by atoms with van der Waals surface area (Å²) in [6, 6.07) is 8.32. The Bertz CT molecular complexity index is 764. The summed E-state index contributed by atoms with van der Waals surface area (Å²) in [5.74, 6) is 2.76. The third-order valence-electron chi connectivity index (χ3n) is 4.06. The quantitative estimate of drug-likeness (QED) is 0.774. The van der Waals surface area contributed by atoms with Crippen LogP contribution in [0.5, 0.6) is 0 Å². The molecule has 0 saturated carbocycles. The lowest BCUT2D eigenvalue weighted by atomic mass is 10.0. The molecule has 1 N–H and O–H groups in total. The summed E-state index contributed by atoms with van der Waals surface area (Å²) in [4.78, 5) is 12.2. The number of nitrogens with one attached hydrogen (secondary N) is 1. The molecule has 0 saturated heterocycles. The molecular weight excluding hydrogens is 288 g/mol. The fourth-order valence-electron chi connectivity index (χ4n) is 2.46. The summed E-state index contributed by atoms with van der Waals surface area (Å²) in [6.45, 7) is 8.39. The number of H-pyrrole nitrogens is 1. The van der Waals surface area contributed by atoms with Crippen molar-refractivity contribution in [2.45, 2.75) is 46.5 Å². The SMILES string of the molecule is Cc1nc(CCc2nc(-c3ccc(C(C)C)cc3)no2)[nH]c1C. The molecule has 120 valence electrons. The molecule has 5 heteroatoms. The van der Waals surface area contributed by atoms with Gasteiger partial charge in [-0.15, -0.1) is 0 Å². The first kappa shape index (κ1) is 15.5. The number of imidazole rings is 1. The van der Waals surface area contributed by atoms with E-state index in [-0.39, 0.29) is 0 Å². The van der Waals surface area contributed by atoms with Crippen molar-refractivity contribution in [1.82, 2.24) is 20.1 Å². The van der Waals surface area contributed by atoms with Gasteiger partial charge in [-0.25, -0.2) is 4.98 Å². The standard InChI is InChI=1S/C18H22N4O/c1-11(2)14-5-7-15(8-6-14)18-21-17(23-22-18)10-9-16-19-12(3)13(4)20-16/h5-8,11H,9-10H2,1-4H3,(H,19,20). The minimum atomic E-state index is 0.519. The van der Waals surface area contributed by atoms with Crippen molar-refractivity contribution < 1.29 is 4.52 Å². The maximum Gasteiger partial charge on any atom is 0.227 e. The van der Waals surface area contributed by atoms with Crippen LogP contribution in [0.3, 0.4) is 0 Å². The average Bonchev–Trinajstić information content (AvgIpc) is 3.13. The number of hydrogen-bond donors (Lipinski definition) is 1. The molecule has 0 unspecified atom stereocenters. The van der Waals surface area contributed by atoms with Gasteiger partial charge in [0.2, 0.25) is 11.7 Å². The highest BCUT2D eigenvalue weighted by atomic mass is 16.5. The minimum absolute atomic E-state index is 0.519. The summed E-state index contributed by atoms with van der Waals surface area (Å²) >= 11 is 0. The minimum Gasteiger partial charge on any atom is -0.346 e. The molecule has 23 heavy (non-hydrogen) atoms. The van der Waals surface area contributed by atoms with E-state index >= 15 is 0 Å². The first-order valence-electron chi connectivity index (χ1n) is 7.98. The number of nitrogens with zero attached hydrogens (tertiary/aromatic N) is 3. The summed E-state index contributed by atoms with van der Waals surface area (Å²) < 4.78 is 5.35. The van der Waals surface area contributed by atoms with Crippen LogP contribution < -0.4 is 0 Å². The predicted octanol–water partition coefficient (Wildman–Crippen LogP) is 3.99. The lowest BCUT2D eigenvalue weighted by Crippen LogP contribution is -1.94. The van der Waals surface area contributed by atoms with Gasteiger partial charge in [0.05, 0.1) is 5.69 Å². The second-order valence-electron chi connectivity index (χ2n) is 6.18. The van der Waals surface area contributed by atoms with Crippen LogP contribution in [0.1, 0.15) is 48.4 Å². The zero-order valence-electron chi connectivity index (χ0n) is 14.1. The second-order valence-corrected chi connectivity index (χ2v) is 6.18. The average molecular weight is 310 g/mol. The van der Waals surface area contributed by atoms with Gasteiger partial charge < -0.3 is 9.51 Å². The van der Waals surface area contributed by atoms with E-state index in [0.29, 0.717) is 24.1 Å². The van der Waals surface area contributed by atoms with Crippen LogP contribution in [0.15, 0.2) is 28.8 Å². The van der Waals surface area contributed by atoms with Crippen molar-refractivity contribution in [3.05, 3.63) is 52.9 Å². The molecule has 0 amide bonds. The van der Waals surface area contributed by atoms with E-state index < -0.39 is 0 Å². The van der Waals surface area contributed by atoms with Crippen LogP contribution in [0.2, 0.25) is 0 Å². The van der Waals surface area contributed by atoms with E-state index in [1.165, 1.54) is 5.56 Å². The van der Waals surface area contributed by atoms with Crippen LogP contribution in [0.25, 0.3) is 11.4 Å². The Labute approximate surface area is 136 Å². The van der Waals surface area contributed by atoms with E-state index in [9.17, 15) is 0 Å². The zero-order valence-corrected chi connectivity index (χ0v) is 14.1. The second kappa shape index (κ2) is 6.36. The molecule has 2 aromatic heterocycles. The van der Waals surface area contributed by atoms with Gasteiger partial charge in [0.15, 0.2) is 0 Å². The maximum atomic E-state index is 5.35. The summed E-state index contributed by atoms with van der Waals surface area (Å²) in [5, 5.41) is 4.08. The molecule has 2 heterocycles. The highest BCUT2D eigenvalue weighted by molar-refractivity contribution is 5.54. The van der Waals surface area contributed by atoms with E-state index in [4.69, 9.17) is 4.52 Å². The highest BCUT2D eigenvalue weighted by Gasteiger charge is 2.10. The van der Waals surface area contributed by atoms with E-state index in [1.807, 2.05) is 26.0 Å². The molecule has 1 aromatic carbocycles. The Morgan fingerprint density at radius 3 is 2.39 bits per heavy atom. The van der Waals surface area contributed by atoms with Gasteiger partial charge in [0.25, 0.3) is 0 Å². The first-order chi connectivity index (χ1) is 11.0. The summed E-state index contributed by atoms with van der Waals surface area (Å²) in [6.07, 6.45) is 1.45. The predicted molar refractivity (Wildman–Crippen MR) is 89.3 cm³/mol. The number of benzene rings is 1. The summed E-state index contributed by atoms with van der Waals surface area (Å²) in [7, 11) is 0. The molecule has 0 radical (unpaired) electrons. The third-order valence-corrected chi connectivity index (χ3v) is 4.06. The molecule has 0 fully saturated rings. The Balaban J connectivity index is 1.67. The van der Waals surface area contributed by atoms with E-state index in [0.717, 1.165) is 29.2 Å². The van der Waals surface area contributed by atoms with Gasteiger partial charge in [0.1, 0.15) is 5.82 Å². The number of hydrogen-bond acceptors (Lipinski definition) is 4. The van der Waals surface area contributed by atoms with Crippen molar-refractivity contribution in [2.75, 3.05) is 0 Å².